The number of imide groups is 2. The molecule has 196 valence electrons. The minimum absolute atomic E-state index is 0.0598. The van der Waals surface area contributed by atoms with Gasteiger partial charge in [-0.3, -0.25) is 19.8 Å². The molecule has 0 unspecified atom stereocenters. The van der Waals surface area contributed by atoms with Gasteiger partial charge < -0.3 is 18.9 Å². The first-order valence-corrected chi connectivity index (χ1v) is 12.8. The van der Waals surface area contributed by atoms with Crippen molar-refractivity contribution in [3.8, 4) is 23.0 Å². The number of ether oxygens (including phenoxy) is 4. The third-order valence-electron chi connectivity index (χ3n) is 5.20. The van der Waals surface area contributed by atoms with Gasteiger partial charge in [0.2, 0.25) is 0 Å². The van der Waals surface area contributed by atoms with Gasteiger partial charge in [-0.2, -0.15) is 0 Å². The van der Waals surface area contributed by atoms with Crippen molar-refractivity contribution >= 4 is 46.5 Å². The SMILES string of the molecule is C=CCOc1c(I)cc(/C=C2\C(=O)NC(=O)N(Cc3ccc(OCCC)c(OC)c3)C2=O)cc1OCC. The van der Waals surface area contributed by atoms with Gasteiger partial charge in [0.15, 0.2) is 23.0 Å². The average Bonchev–Trinajstić information content (AvgIpc) is 2.87. The van der Waals surface area contributed by atoms with Crippen molar-refractivity contribution in [3.05, 3.63) is 63.3 Å². The first-order valence-electron chi connectivity index (χ1n) is 11.7. The predicted octanol–water partition coefficient (Wildman–Crippen LogP) is 4.71. The molecule has 0 saturated carbocycles. The van der Waals surface area contributed by atoms with Gasteiger partial charge >= 0.3 is 6.03 Å². The highest BCUT2D eigenvalue weighted by atomic mass is 127. The summed E-state index contributed by atoms with van der Waals surface area (Å²) in [4.78, 5) is 39.4. The monoisotopic (exact) mass is 620 g/mol. The first kappa shape index (κ1) is 28.0. The fraction of sp³-hybridized carbons (Fsp3) is 0.296. The Bertz CT molecular complexity index is 1230. The minimum Gasteiger partial charge on any atom is -0.493 e. The number of methoxy groups -OCH3 is 1. The lowest BCUT2D eigenvalue weighted by molar-refractivity contribution is -0.130. The number of benzene rings is 2. The molecule has 0 aromatic heterocycles. The van der Waals surface area contributed by atoms with E-state index in [0.717, 1.165) is 14.9 Å². The molecule has 1 heterocycles. The maximum atomic E-state index is 13.3. The molecule has 4 amide bonds. The first-order chi connectivity index (χ1) is 17.8. The molecule has 1 N–H and O–H groups in total. The molecule has 0 radical (unpaired) electrons. The van der Waals surface area contributed by atoms with Crippen LogP contribution < -0.4 is 24.3 Å². The van der Waals surface area contributed by atoms with Crippen LogP contribution >= 0.6 is 22.6 Å². The van der Waals surface area contributed by atoms with Gasteiger partial charge in [0.1, 0.15) is 12.2 Å². The molecule has 2 aromatic rings. The highest BCUT2D eigenvalue weighted by molar-refractivity contribution is 14.1. The van der Waals surface area contributed by atoms with Crippen LogP contribution in [0.3, 0.4) is 0 Å². The topological polar surface area (TPSA) is 103 Å². The van der Waals surface area contributed by atoms with Crippen molar-refractivity contribution in [1.29, 1.82) is 0 Å². The lowest BCUT2D eigenvalue weighted by Gasteiger charge is -2.26. The van der Waals surface area contributed by atoms with Crippen LogP contribution in [0.1, 0.15) is 31.4 Å². The summed E-state index contributed by atoms with van der Waals surface area (Å²) in [7, 11) is 1.52. The zero-order valence-electron chi connectivity index (χ0n) is 21.0. The second-order valence-corrected chi connectivity index (χ2v) is 9.07. The summed E-state index contributed by atoms with van der Waals surface area (Å²) >= 11 is 2.09. The standard InChI is InChI=1S/C27H29IN2O7/c1-5-10-36-21-9-8-17(14-22(21)34-4)16-30-26(32)19(25(31)29-27(30)33)12-18-13-20(28)24(37-11-6-2)23(15-18)35-7-3/h6,8-9,12-15H,2,5,7,10-11,16H2,1,3-4H3,(H,29,31,33)/b19-12+. The van der Waals surface area contributed by atoms with Gasteiger partial charge in [0.05, 0.1) is 30.4 Å². The lowest BCUT2D eigenvalue weighted by atomic mass is 10.1. The van der Waals surface area contributed by atoms with E-state index in [9.17, 15) is 14.4 Å². The van der Waals surface area contributed by atoms with Crippen LogP contribution in [0.5, 0.6) is 23.0 Å². The average molecular weight is 620 g/mol. The molecule has 9 nitrogen and oxygen atoms in total. The molecular formula is C27H29IN2O7. The van der Waals surface area contributed by atoms with Crippen molar-refractivity contribution in [2.45, 2.75) is 26.8 Å². The summed E-state index contributed by atoms with van der Waals surface area (Å²) in [6, 6.07) is 7.81. The Balaban J connectivity index is 1.91. The molecule has 0 spiro atoms. The quantitative estimate of drug-likeness (QED) is 0.159. The van der Waals surface area contributed by atoms with E-state index in [-0.39, 0.29) is 12.1 Å². The molecule has 0 aliphatic carbocycles. The third kappa shape index (κ3) is 6.82. The maximum Gasteiger partial charge on any atom is 0.331 e. The number of carbonyl (C=O) groups is 3. The van der Waals surface area contributed by atoms with Crippen molar-refractivity contribution in [1.82, 2.24) is 10.2 Å². The van der Waals surface area contributed by atoms with Crippen LogP contribution in [0.15, 0.2) is 48.6 Å². The molecule has 37 heavy (non-hydrogen) atoms. The third-order valence-corrected chi connectivity index (χ3v) is 6.01. The van der Waals surface area contributed by atoms with E-state index in [0.29, 0.717) is 53.9 Å². The summed E-state index contributed by atoms with van der Waals surface area (Å²) < 4.78 is 23.2. The summed E-state index contributed by atoms with van der Waals surface area (Å²) in [6.45, 7) is 8.66. The van der Waals surface area contributed by atoms with Gasteiger partial charge in [-0.25, -0.2) is 4.79 Å². The number of nitrogens with one attached hydrogen (secondary N) is 1. The summed E-state index contributed by atoms with van der Waals surface area (Å²) in [5.41, 5.74) is 1.01. The van der Waals surface area contributed by atoms with E-state index in [1.54, 1.807) is 36.4 Å². The predicted molar refractivity (Wildman–Crippen MR) is 147 cm³/mol. The Kier molecular flexibility index (Phi) is 9.95. The van der Waals surface area contributed by atoms with Crippen LogP contribution in [0.25, 0.3) is 6.08 Å². The van der Waals surface area contributed by atoms with Crippen LogP contribution in [-0.2, 0) is 16.1 Å². The molecule has 1 aliphatic heterocycles. The van der Waals surface area contributed by atoms with E-state index in [4.69, 9.17) is 18.9 Å². The largest absolute Gasteiger partial charge is 0.493 e. The number of hydrogen-bond donors (Lipinski definition) is 1. The van der Waals surface area contributed by atoms with E-state index in [1.807, 2.05) is 13.8 Å². The number of carbonyl (C=O) groups excluding carboxylic acids is 3. The van der Waals surface area contributed by atoms with E-state index in [1.165, 1.54) is 13.2 Å². The fourth-order valence-corrected chi connectivity index (χ4v) is 4.33. The lowest BCUT2D eigenvalue weighted by Crippen LogP contribution is -2.53. The number of urea groups is 1. The van der Waals surface area contributed by atoms with Crippen molar-refractivity contribution < 1.29 is 33.3 Å². The Hall–Kier alpha value is -3.54. The van der Waals surface area contributed by atoms with Gasteiger partial charge in [-0.05, 0) is 77.4 Å². The van der Waals surface area contributed by atoms with Crippen LogP contribution in [0.4, 0.5) is 4.79 Å². The second kappa shape index (κ2) is 13.1. The molecule has 2 aromatic carbocycles. The number of rotatable bonds is 12. The normalized spacial score (nSPS) is 14.4. The molecule has 0 bridgehead atoms. The molecule has 1 fully saturated rings. The molecule has 0 atom stereocenters. The van der Waals surface area contributed by atoms with Crippen molar-refractivity contribution in [2.75, 3.05) is 26.9 Å². The summed E-state index contributed by atoms with van der Waals surface area (Å²) in [6.07, 6.45) is 3.90. The van der Waals surface area contributed by atoms with Gasteiger partial charge in [0.25, 0.3) is 11.8 Å². The van der Waals surface area contributed by atoms with Gasteiger partial charge in [-0.15, -0.1) is 0 Å². The second-order valence-electron chi connectivity index (χ2n) is 7.90. The molecular weight excluding hydrogens is 591 g/mol. The molecule has 1 saturated heterocycles. The van der Waals surface area contributed by atoms with Crippen molar-refractivity contribution in [2.24, 2.45) is 0 Å². The minimum atomic E-state index is -0.796. The van der Waals surface area contributed by atoms with Crippen molar-refractivity contribution in [3.63, 3.8) is 0 Å². The maximum absolute atomic E-state index is 13.3. The van der Waals surface area contributed by atoms with Gasteiger partial charge in [-0.1, -0.05) is 25.6 Å². The van der Waals surface area contributed by atoms with E-state index < -0.39 is 17.8 Å². The highest BCUT2D eigenvalue weighted by Gasteiger charge is 2.36. The number of hydrogen-bond acceptors (Lipinski definition) is 7. The molecule has 3 rings (SSSR count). The Morgan fingerprint density at radius 1 is 1.03 bits per heavy atom. The zero-order chi connectivity index (χ0) is 26.9. The Morgan fingerprint density at radius 3 is 2.49 bits per heavy atom. The fourth-order valence-electron chi connectivity index (χ4n) is 3.54. The summed E-state index contributed by atoms with van der Waals surface area (Å²) in [5.74, 6) is 0.585. The zero-order valence-corrected chi connectivity index (χ0v) is 23.1. The highest BCUT2D eigenvalue weighted by Crippen LogP contribution is 2.35. The van der Waals surface area contributed by atoms with Crippen LogP contribution in [0.2, 0.25) is 0 Å². The smallest absolute Gasteiger partial charge is 0.331 e. The number of nitrogens with zero attached hydrogens (tertiary/aromatic N) is 1. The van der Waals surface area contributed by atoms with E-state index in [2.05, 4.69) is 34.5 Å². The molecule has 10 heteroatoms. The Morgan fingerprint density at radius 2 is 1.81 bits per heavy atom. The Labute approximate surface area is 229 Å². The summed E-state index contributed by atoms with van der Waals surface area (Å²) in [5, 5.41) is 2.25. The number of amides is 4. The van der Waals surface area contributed by atoms with Gasteiger partial charge in [0, 0.05) is 0 Å². The van der Waals surface area contributed by atoms with Crippen LogP contribution in [0, 0.1) is 3.57 Å². The van der Waals surface area contributed by atoms with E-state index >= 15 is 0 Å². The number of barbiturate groups is 1. The number of halogens is 1. The molecule has 1 aliphatic rings. The van der Waals surface area contributed by atoms with Crippen LogP contribution in [-0.4, -0.2) is 49.7 Å².